The molecule has 0 bridgehead atoms. The predicted molar refractivity (Wildman–Crippen MR) is 72.4 cm³/mol. The SMILES string of the molecule is CC[N+](CC)(CC)Cc1ccccc1.O=[N+]([O-])[O-]. The molecule has 102 valence electrons. The lowest BCUT2D eigenvalue weighted by atomic mass is 10.2. The third-order valence-corrected chi connectivity index (χ3v) is 3.37. The summed E-state index contributed by atoms with van der Waals surface area (Å²) in [4.78, 5) is 8.25. The monoisotopic (exact) mass is 254 g/mol. The average Bonchev–Trinajstić information content (AvgIpc) is 2.37. The molecule has 0 radical (unpaired) electrons. The molecule has 1 rings (SSSR count). The molecule has 1 aromatic rings. The van der Waals surface area contributed by atoms with Crippen LogP contribution in [0.4, 0.5) is 0 Å². The highest BCUT2D eigenvalue weighted by molar-refractivity contribution is 5.13. The van der Waals surface area contributed by atoms with Gasteiger partial charge in [-0.25, -0.2) is 0 Å². The zero-order valence-corrected chi connectivity index (χ0v) is 11.3. The van der Waals surface area contributed by atoms with E-state index in [2.05, 4.69) is 51.1 Å². The second kappa shape index (κ2) is 8.47. The van der Waals surface area contributed by atoms with Crippen LogP contribution < -0.4 is 0 Å². The summed E-state index contributed by atoms with van der Waals surface area (Å²) < 4.78 is 1.20. The standard InChI is InChI=1S/C13H22N.NO3/c1-4-14(5-2,6-3)12-13-10-8-7-9-11-13;2-1(3)4/h7-11H,4-6,12H2,1-3H3;/q+1;-1. The molecular formula is C13H22N2O3. The smallest absolute Gasteiger partial charge is 0.104 e. The van der Waals surface area contributed by atoms with Crippen LogP contribution in [0.2, 0.25) is 0 Å². The highest BCUT2D eigenvalue weighted by Gasteiger charge is 2.20. The van der Waals surface area contributed by atoms with Gasteiger partial charge in [-0.1, -0.05) is 30.3 Å². The number of nitrogens with zero attached hydrogens (tertiary/aromatic N) is 2. The van der Waals surface area contributed by atoms with Crippen LogP contribution in [0.15, 0.2) is 30.3 Å². The molecule has 0 aliphatic carbocycles. The molecule has 0 heterocycles. The van der Waals surface area contributed by atoms with Crippen molar-refractivity contribution in [2.24, 2.45) is 0 Å². The Labute approximate surface area is 108 Å². The van der Waals surface area contributed by atoms with Crippen molar-refractivity contribution in [1.29, 1.82) is 0 Å². The van der Waals surface area contributed by atoms with Gasteiger partial charge in [0.05, 0.1) is 24.7 Å². The Morgan fingerprint density at radius 3 is 1.72 bits per heavy atom. The van der Waals surface area contributed by atoms with Crippen LogP contribution in [0.3, 0.4) is 0 Å². The van der Waals surface area contributed by atoms with Crippen LogP contribution in [0, 0.1) is 15.3 Å². The minimum atomic E-state index is -1.75. The van der Waals surface area contributed by atoms with E-state index in [4.69, 9.17) is 15.3 Å². The third-order valence-electron chi connectivity index (χ3n) is 3.37. The minimum absolute atomic E-state index is 1.17. The van der Waals surface area contributed by atoms with Crippen molar-refractivity contribution in [2.75, 3.05) is 19.6 Å². The third kappa shape index (κ3) is 6.20. The fraction of sp³-hybridized carbons (Fsp3) is 0.538. The van der Waals surface area contributed by atoms with E-state index in [0.29, 0.717) is 0 Å². The Morgan fingerprint density at radius 2 is 1.39 bits per heavy atom. The lowest BCUT2D eigenvalue weighted by molar-refractivity contribution is -0.936. The van der Waals surface area contributed by atoms with Crippen molar-refractivity contribution >= 4 is 0 Å². The van der Waals surface area contributed by atoms with Gasteiger partial charge in [0.2, 0.25) is 0 Å². The van der Waals surface area contributed by atoms with Gasteiger partial charge in [0.1, 0.15) is 6.54 Å². The van der Waals surface area contributed by atoms with Crippen LogP contribution in [0.1, 0.15) is 26.3 Å². The molecule has 0 atom stereocenters. The van der Waals surface area contributed by atoms with E-state index in [-0.39, 0.29) is 0 Å². The molecule has 0 fully saturated rings. The summed E-state index contributed by atoms with van der Waals surface area (Å²) in [6.07, 6.45) is 0. The van der Waals surface area contributed by atoms with Gasteiger partial charge in [0.15, 0.2) is 0 Å². The summed E-state index contributed by atoms with van der Waals surface area (Å²) in [5.74, 6) is 0. The summed E-state index contributed by atoms with van der Waals surface area (Å²) >= 11 is 0. The van der Waals surface area contributed by atoms with Crippen molar-refractivity contribution in [3.8, 4) is 0 Å². The largest absolute Gasteiger partial charge is 0.356 e. The lowest BCUT2D eigenvalue weighted by Crippen LogP contribution is -2.46. The molecule has 5 heteroatoms. The summed E-state index contributed by atoms with van der Waals surface area (Å²) in [5.41, 5.74) is 1.46. The van der Waals surface area contributed by atoms with E-state index in [1.807, 2.05) is 0 Å². The second-order valence-electron chi connectivity index (χ2n) is 4.16. The maximum absolute atomic E-state index is 8.25. The molecule has 0 saturated carbocycles. The van der Waals surface area contributed by atoms with Gasteiger partial charge in [-0.15, -0.1) is 0 Å². The first-order valence-electron chi connectivity index (χ1n) is 6.20. The van der Waals surface area contributed by atoms with Crippen LogP contribution in [-0.4, -0.2) is 29.2 Å². The first kappa shape index (κ1) is 16.4. The molecule has 0 amide bonds. The zero-order valence-electron chi connectivity index (χ0n) is 11.3. The molecule has 0 saturated heterocycles. The maximum atomic E-state index is 8.25. The Bertz CT molecular complexity index is 325. The Kier molecular flexibility index (Phi) is 7.71. The molecule has 0 unspecified atom stereocenters. The topological polar surface area (TPSA) is 66.2 Å². The van der Waals surface area contributed by atoms with E-state index < -0.39 is 5.09 Å². The summed E-state index contributed by atoms with van der Waals surface area (Å²) in [7, 11) is 0. The van der Waals surface area contributed by atoms with Crippen molar-refractivity contribution < 1.29 is 9.57 Å². The van der Waals surface area contributed by atoms with E-state index in [1.54, 1.807) is 0 Å². The fourth-order valence-corrected chi connectivity index (χ4v) is 1.98. The van der Waals surface area contributed by atoms with Crippen LogP contribution in [0.25, 0.3) is 0 Å². The first-order chi connectivity index (χ1) is 8.49. The minimum Gasteiger partial charge on any atom is -0.356 e. The molecule has 1 aromatic carbocycles. The highest BCUT2D eigenvalue weighted by atomic mass is 16.9. The molecule has 0 aromatic heterocycles. The maximum Gasteiger partial charge on any atom is 0.104 e. The van der Waals surface area contributed by atoms with Crippen LogP contribution in [0.5, 0.6) is 0 Å². The highest BCUT2D eigenvalue weighted by Crippen LogP contribution is 2.13. The van der Waals surface area contributed by atoms with Gasteiger partial charge >= 0.3 is 0 Å². The summed E-state index contributed by atoms with van der Waals surface area (Å²) in [6, 6.07) is 10.8. The van der Waals surface area contributed by atoms with Gasteiger partial charge in [-0.3, -0.25) is 0 Å². The lowest BCUT2D eigenvalue weighted by Gasteiger charge is -2.35. The van der Waals surface area contributed by atoms with Crippen molar-refractivity contribution in [3.63, 3.8) is 0 Å². The Hall–Kier alpha value is -1.62. The number of hydrogen-bond donors (Lipinski definition) is 0. The Balaban J connectivity index is 0.000000631. The Morgan fingerprint density at radius 1 is 1.00 bits per heavy atom. The van der Waals surface area contributed by atoms with Crippen molar-refractivity contribution in [1.82, 2.24) is 0 Å². The summed E-state index contributed by atoms with van der Waals surface area (Å²) in [5, 5.41) is 14.8. The van der Waals surface area contributed by atoms with Crippen molar-refractivity contribution in [2.45, 2.75) is 27.3 Å². The van der Waals surface area contributed by atoms with Crippen LogP contribution >= 0.6 is 0 Å². The second-order valence-corrected chi connectivity index (χ2v) is 4.16. The number of rotatable bonds is 5. The van der Waals surface area contributed by atoms with E-state index in [0.717, 1.165) is 0 Å². The van der Waals surface area contributed by atoms with E-state index >= 15 is 0 Å². The van der Waals surface area contributed by atoms with Gasteiger partial charge in [0.25, 0.3) is 0 Å². The molecular weight excluding hydrogens is 232 g/mol. The number of benzene rings is 1. The number of quaternary nitrogens is 1. The molecule has 0 aliphatic rings. The average molecular weight is 254 g/mol. The molecule has 5 nitrogen and oxygen atoms in total. The van der Waals surface area contributed by atoms with Crippen LogP contribution in [-0.2, 0) is 6.54 Å². The normalized spacial score (nSPS) is 10.4. The first-order valence-corrected chi connectivity index (χ1v) is 6.20. The molecule has 18 heavy (non-hydrogen) atoms. The fourth-order valence-electron chi connectivity index (χ4n) is 1.98. The molecule has 0 aliphatic heterocycles. The number of hydrogen-bond acceptors (Lipinski definition) is 3. The molecule has 0 spiro atoms. The van der Waals surface area contributed by atoms with E-state index in [1.165, 1.54) is 36.2 Å². The van der Waals surface area contributed by atoms with Gasteiger partial charge in [-0.2, -0.15) is 0 Å². The van der Waals surface area contributed by atoms with Crippen molar-refractivity contribution in [3.05, 3.63) is 51.2 Å². The zero-order chi connectivity index (χ0) is 14.0. The van der Waals surface area contributed by atoms with E-state index in [9.17, 15) is 0 Å². The van der Waals surface area contributed by atoms with Gasteiger partial charge in [0, 0.05) is 5.56 Å². The van der Waals surface area contributed by atoms with Gasteiger partial charge in [-0.05, 0) is 20.8 Å². The van der Waals surface area contributed by atoms with Gasteiger partial charge < -0.3 is 19.8 Å². The molecule has 0 N–H and O–H groups in total. The predicted octanol–water partition coefficient (Wildman–Crippen LogP) is 2.82. The quantitative estimate of drug-likeness (QED) is 0.461. The summed E-state index contributed by atoms with van der Waals surface area (Å²) in [6.45, 7) is 11.7.